The van der Waals surface area contributed by atoms with Crippen LogP contribution in [0.1, 0.15) is 0 Å². The summed E-state index contributed by atoms with van der Waals surface area (Å²) in [5.41, 5.74) is 9.44. The van der Waals surface area contributed by atoms with E-state index in [4.69, 9.17) is 4.42 Å². The molecule has 5 heterocycles. The molecule has 0 N–H and O–H groups in total. The minimum Gasteiger partial charge on any atom is -0.456 e. The van der Waals surface area contributed by atoms with Crippen molar-refractivity contribution in [2.75, 3.05) is 0 Å². The molecule has 178 valence electrons. The van der Waals surface area contributed by atoms with Crippen molar-refractivity contribution in [2.24, 2.45) is 0 Å². The predicted molar refractivity (Wildman–Crippen MR) is 163 cm³/mol. The Morgan fingerprint density at radius 3 is 1.69 bits per heavy atom. The fraction of sp³-hybridized carbons (Fsp3) is 0. The number of furan rings is 1. The molecular weight excluding hydrogens is 476 g/mol. The van der Waals surface area contributed by atoms with Gasteiger partial charge in [0.25, 0.3) is 0 Å². The molecular formula is C36H18N2O. The molecule has 0 aliphatic rings. The Morgan fingerprint density at radius 1 is 0.359 bits per heavy atom. The van der Waals surface area contributed by atoms with Crippen LogP contribution in [0.15, 0.2) is 114 Å². The summed E-state index contributed by atoms with van der Waals surface area (Å²) in [6.07, 6.45) is 0. The van der Waals surface area contributed by atoms with E-state index in [1.54, 1.807) is 0 Å². The average Bonchev–Trinajstić information content (AvgIpc) is 3.76. The molecule has 0 unspecified atom stereocenters. The van der Waals surface area contributed by atoms with Crippen molar-refractivity contribution >= 4 is 98.1 Å². The Morgan fingerprint density at radius 2 is 0.949 bits per heavy atom. The second kappa shape index (κ2) is 6.06. The summed E-state index contributed by atoms with van der Waals surface area (Å²) in [7, 11) is 0. The number of benzene rings is 6. The van der Waals surface area contributed by atoms with E-state index >= 15 is 0 Å². The van der Waals surface area contributed by atoms with Gasteiger partial charge in [0.15, 0.2) is 0 Å². The number of hydrogen-bond acceptors (Lipinski definition) is 1. The van der Waals surface area contributed by atoms with Crippen LogP contribution in [0.3, 0.4) is 0 Å². The van der Waals surface area contributed by atoms with Gasteiger partial charge < -0.3 is 13.2 Å². The SMILES string of the molecule is c1ccc2c(c1)c1cccc3c4cc5oc6ccc7c(c8cccc9c%10ccccc%10n7c98)c6c5cc4n2c13. The molecule has 0 aliphatic carbocycles. The van der Waals surface area contributed by atoms with Gasteiger partial charge in [-0.25, -0.2) is 0 Å². The summed E-state index contributed by atoms with van der Waals surface area (Å²) in [6.45, 7) is 0. The molecule has 0 atom stereocenters. The van der Waals surface area contributed by atoms with Crippen LogP contribution < -0.4 is 0 Å². The van der Waals surface area contributed by atoms with Crippen molar-refractivity contribution in [3.63, 3.8) is 0 Å². The molecule has 0 aliphatic heterocycles. The zero-order valence-corrected chi connectivity index (χ0v) is 20.7. The molecule has 39 heavy (non-hydrogen) atoms. The highest BCUT2D eigenvalue weighted by Crippen LogP contribution is 2.46. The van der Waals surface area contributed by atoms with E-state index in [1.165, 1.54) is 87.0 Å². The summed E-state index contributed by atoms with van der Waals surface area (Å²) >= 11 is 0. The molecule has 3 heteroatoms. The van der Waals surface area contributed by atoms with E-state index in [2.05, 4.69) is 118 Å². The highest BCUT2D eigenvalue weighted by molar-refractivity contribution is 6.33. The highest BCUT2D eigenvalue weighted by atomic mass is 16.3. The maximum absolute atomic E-state index is 6.60. The Balaban J connectivity index is 1.41. The first-order valence-electron chi connectivity index (χ1n) is 13.5. The minimum absolute atomic E-state index is 0.940. The lowest BCUT2D eigenvalue weighted by Crippen LogP contribution is -1.81. The van der Waals surface area contributed by atoms with E-state index in [1.807, 2.05) is 0 Å². The topological polar surface area (TPSA) is 22.0 Å². The summed E-state index contributed by atoms with van der Waals surface area (Å²) < 4.78 is 11.5. The first kappa shape index (κ1) is 18.9. The Labute approximate surface area is 220 Å². The Bertz CT molecular complexity index is 2820. The van der Waals surface area contributed by atoms with Crippen molar-refractivity contribution in [1.29, 1.82) is 0 Å². The van der Waals surface area contributed by atoms with Crippen molar-refractivity contribution in [3.05, 3.63) is 109 Å². The van der Waals surface area contributed by atoms with Gasteiger partial charge in [-0.2, -0.15) is 0 Å². The first-order chi connectivity index (χ1) is 19.4. The summed E-state index contributed by atoms with van der Waals surface area (Å²) in [6, 6.07) is 39.9. The summed E-state index contributed by atoms with van der Waals surface area (Å²) in [4.78, 5) is 0. The minimum atomic E-state index is 0.940. The summed E-state index contributed by atoms with van der Waals surface area (Å²) in [5.74, 6) is 0. The fourth-order valence-corrected chi connectivity index (χ4v) is 7.71. The lowest BCUT2D eigenvalue weighted by Gasteiger charge is -2.00. The van der Waals surface area contributed by atoms with Crippen molar-refractivity contribution in [2.45, 2.75) is 0 Å². The first-order valence-corrected chi connectivity index (χ1v) is 13.5. The number of hydrogen-bond donors (Lipinski definition) is 0. The summed E-state index contributed by atoms with van der Waals surface area (Å²) in [5, 5.41) is 12.7. The van der Waals surface area contributed by atoms with Gasteiger partial charge in [0.2, 0.25) is 0 Å². The smallest absolute Gasteiger partial charge is 0.136 e. The predicted octanol–water partition coefficient (Wildman–Crippen LogP) is 9.89. The number of para-hydroxylation sites is 4. The third-order valence-electron chi connectivity index (χ3n) is 9.16. The molecule has 0 saturated heterocycles. The lowest BCUT2D eigenvalue weighted by molar-refractivity contribution is 0.670. The molecule has 6 aromatic carbocycles. The third-order valence-corrected chi connectivity index (χ3v) is 9.16. The van der Waals surface area contributed by atoms with E-state index in [0.717, 1.165) is 11.2 Å². The van der Waals surface area contributed by atoms with E-state index in [9.17, 15) is 0 Å². The number of nitrogens with zero attached hydrogens (tertiary/aromatic N) is 2. The standard InChI is InChI=1S/C36H18N2O/c1-3-13-27-20(8-1)22-10-6-12-24-33-29(37(27)36(22)24)15-16-31-34(33)26-17-30-25(18-32(26)39-31)23-11-5-9-21-19-7-2-4-14-28(19)38(30)35(21)23/h1-18H. The van der Waals surface area contributed by atoms with E-state index in [-0.39, 0.29) is 0 Å². The van der Waals surface area contributed by atoms with Crippen LogP contribution in [0.4, 0.5) is 0 Å². The van der Waals surface area contributed by atoms with Gasteiger partial charge in [-0.3, -0.25) is 0 Å². The van der Waals surface area contributed by atoms with Crippen LogP contribution in [-0.2, 0) is 0 Å². The molecule has 0 bridgehead atoms. The number of aromatic nitrogens is 2. The molecule has 0 fully saturated rings. The normalized spacial score (nSPS) is 13.1. The molecule has 0 radical (unpaired) electrons. The van der Waals surface area contributed by atoms with Gasteiger partial charge in [0.1, 0.15) is 11.2 Å². The van der Waals surface area contributed by atoms with Gasteiger partial charge in [0, 0.05) is 53.9 Å². The van der Waals surface area contributed by atoms with Gasteiger partial charge in [-0.15, -0.1) is 0 Å². The van der Waals surface area contributed by atoms with Crippen LogP contribution in [0.25, 0.3) is 98.1 Å². The quantitative estimate of drug-likeness (QED) is 0.206. The second-order valence-corrected chi connectivity index (χ2v) is 10.9. The molecule has 3 nitrogen and oxygen atoms in total. The maximum Gasteiger partial charge on any atom is 0.136 e. The van der Waals surface area contributed by atoms with Gasteiger partial charge in [-0.05, 0) is 36.4 Å². The Hall–Kier alpha value is -5.28. The molecule has 5 aromatic heterocycles. The third kappa shape index (κ3) is 1.95. The fourth-order valence-electron chi connectivity index (χ4n) is 7.71. The van der Waals surface area contributed by atoms with Crippen LogP contribution in [-0.4, -0.2) is 8.80 Å². The molecule has 11 rings (SSSR count). The van der Waals surface area contributed by atoms with Crippen LogP contribution in [0.5, 0.6) is 0 Å². The highest BCUT2D eigenvalue weighted by Gasteiger charge is 2.23. The van der Waals surface area contributed by atoms with Crippen LogP contribution >= 0.6 is 0 Å². The van der Waals surface area contributed by atoms with E-state index < -0.39 is 0 Å². The zero-order valence-electron chi connectivity index (χ0n) is 20.7. The van der Waals surface area contributed by atoms with Crippen molar-refractivity contribution < 1.29 is 4.42 Å². The molecule has 0 amide bonds. The van der Waals surface area contributed by atoms with Crippen molar-refractivity contribution in [1.82, 2.24) is 8.80 Å². The number of rotatable bonds is 0. The van der Waals surface area contributed by atoms with Crippen molar-refractivity contribution in [3.8, 4) is 0 Å². The van der Waals surface area contributed by atoms with Gasteiger partial charge in [0.05, 0.1) is 33.1 Å². The van der Waals surface area contributed by atoms with E-state index in [0.29, 0.717) is 0 Å². The average molecular weight is 495 g/mol. The van der Waals surface area contributed by atoms with Crippen LogP contribution in [0.2, 0.25) is 0 Å². The molecule has 11 aromatic rings. The monoisotopic (exact) mass is 494 g/mol. The van der Waals surface area contributed by atoms with Gasteiger partial charge in [-0.1, -0.05) is 72.8 Å². The maximum atomic E-state index is 6.60. The van der Waals surface area contributed by atoms with Gasteiger partial charge >= 0.3 is 0 Å². The zero-order chi connectivity index (χ0) is 25.0. The molecule has 0 spiro atoms. The van der Waals surface area contributed by atoms with Crippen LogP contribution in [0, 0.1) is 0 Å². The largest absolute Gasteiger partial charge is 0.456 e. The lowest BCUT2D eigenvalue weighted by atomic mass is 10.0. The number of fused-ring (bicyclic) bond motifs is 16. The molecule has 0 saturated carbocycles. The Kier molecular flexibility index (Phi) is 2.93. The second-order valence-electron chi connectivity index (χ2n) is 10.9.